The number of hydrogen-bond donors (Lipinski definition) is 1. The van der Waals surface area contributed by atoms with E-state index in [4.69, 9.17) is 5.10 Å². The third-order valence-electron chi connectivity index (χ3n) is 7.34. The van der Waals surface area contributed by atoms with Crippen molar-refractivity contribution in [1.29, 1.82) is 0 Å². The van der Waals surface area contributed by atoms with Crippen LogP contribution in [0.2, 0.25) is 0 Å². The lowest BCUT2D eigenvalue weighted by Gasteiger charge is -2.51. The first kappa shape index (κ1) is 23.5. The average molecular weight is 452 g/mol. The molecule has 2 amide bonds. The highest BCUT2D eigenvalue weighted by molar-refractivity contribution is 6.00. The molecule has 4 rings (SSSR count). The van der Waals surface area contributed by atoms with E-state index in [1.54, 1.807) is 0 Å². The van der Waals surface area contributed by atoms with E-state index in [0.29, 0.717) is 31.7 Å². The van der Waals surface area contributed by atoms with Crippen LogP contribution in [0.5, 0.6) is 0 Å². The molecule has 0 saturated carbocycles. The fourth-order valence-electron chi connectivity index (χ4n) is 5.49. The van der Waals surface area contributed by atoms with Crippen LogP contribution < -0.4 is 5.32 Å². The number of nitrogens with one attached hydrogen (secondary N) is 1. The summed E-state index contributed by atoms with van der Waals surface area (Å²) in [6.45, 7) is 13.3. The number of benzene rings is 1. The number of piperidine rings is 1. The van der Waals surface area contributed by atoms with Gasteiger partial charge in [0.25, 0.3) is 0 Å². The first-order chi connectivity index (χ1) is 15.8. The number of para-hydroxylation sites is 1. The molecular weight excluding hydrogens is 414 g/mol. The molecule has 3 heterocycles. The van der Waals surface area contributed by atoms with Crippen molar-refractivity contribution < 1.29 is 9.59 Å². The van der Waals surface area contributed by atoms with Crippen LogP contribution in [0.3, 0.4) is 0 Å². The van der Waals surface area contributed by atoms with E-state index in [2.05, 4.69) is 50.0 Å². The quantitative estimate of drug-likeness (QED) is 0.732. The number of rotatable bonds is 6. The average Bonchev–Trinajstić information content (AvgIpc) is 3.08. The van der Waals surface area contributed by atoms with Crippen molar-refractivity contribution >= 4 is 11.8 Å². The summed E-state index contributed by atoms with van der Waals surface area (Å²) in [5, 5.41) is 7.85. The smallest absolute Gasteiger partial charge is 0.246 e. The fourth-order valence-corrected chi connectivity index (χ4v) is 5.49. The lowest BCUT2D eigenvalue weighted by molar-refractivity contribution is -0.161. The second-order valence-electron chi connectivity index (χ2n) is 9.94. The molecule has 0 radical (unpaired) electrons. The molecule has 2 aliphatic rings. The second-order valence-corrected chi connectivity index (χ2v) is 9.94. The van der Waals surface area contributed by atoms with Gasteiger partial charge in [-0.25, -0.2) is 4.68 Å². The summed E-state index contributed by atoms with van der Waals surface area (Å²) in [5.74, 6) is 0.464. The zero-order valence-corrected chi connectivity index (χ0v) is 20.6. The van der Waals surface area contributed by atoms with Crippen molar-refractivity contribution in [3.8, 4) is 5.69 Å². The van der Waals surface area contributed by atoms with Crippen molar-refractivity contribution in [1.82, 2.24) is 24.9 Å². The third kappa shape index (κ3) is 4.31. The van der Waals surface area contributed by atoms with Gasteiger partial charge in [-0.3, -0.25) is 14.5 Å². The monoisotopic (exact) mass is 451 g/mol. The maximum Gasteiger partial charge on any atom is 0.246 e. The molecule has 2 aromatic rings. The van der Waals surface area contributed by atoms with Gasteiger partial charge in [0.2, 0.25) is 11.8 Å². The molecule has 178 valence electrons. The molecule has 0 bridgehead atoms. The summed E-state index contributed by atoms with van der Waals surface area (Å²) >= 11 is 0. The van der Waals surface area contributed by atoms with Crippen molar-refractivity contribution in [2.45, 2.75) is 72.0 Å². The Kier molecular flexibility index (Phi) is 6.61. The van der Waals surface area contributed by atoms with Gasteiger partial charge >= 0.3 is 0 Å². The molecule has 2 aliphatic heterocycles. The lowest BCUT2D eigenvalue weighted by atomic mass is 9.81. The predicted octanol–water partition coefficient (Wildman–Crippen LogP) is 3.22. The van der Waals surface area contributed by atoms with E-state index < -0.39 is 11.6 Å². The second kappa shape index (κ2) is 9.29. The molecule has 1 atom stereocenters. The Hall–Kier alpha value is -2.67. The van der Waals surface area contributed by atoms with Crippen LogP contribution in [0, 0.1) is 19.8 Å². The Bertz CT molecular complexity index is 1010. The molecule has 1 aromatic heterocycles. The molecular formula is C26H37N5O2. The van der Waals surface area contributed by atoms with Crippen LogP contribution in [0.25, 0.3) is 5.69 Å². The summed E-state index contributed by atoms with van der Waals surface area (Å²) < 4.78 is 2.01. The zero-order chi connectivity index (χ0) is 23.8. The Morgan fingerprint density at radius 3 is 2.39 bits per heavy atom. The van der Waals surface area contributed by atoms with E-state index in [0.717, 1.165) is 36.7 Å². The van der Waals surface area contributed by atoms with E-state index in [9.17, 15) is 9.59 Å². The molecule has 33 heavy (non-hydrogen) atoms. The molecule has 1 N–H and O–H groups in total. The van der Waals surface area contributed by atoms with Gasteiger partial charge in [0.15, 0.2) is 0 Å². The minimum Gasteiger partial charge on any atom is -0.342 e. The number of likely N-dealkylation sites (N-methyl/N-ethyl adjacent to an activating group) is 1. The summed E-state index contributed by atoms with van der Waals surface area (Å²) in [6, 6.07) is 9.80. The van der Waals surface area contributed by atoms with E-state index in [1.165, 1.54) is 5.56 Å². The molecule has 0 unspecified atom stereocenters. The molecule has 1 spiro atoms. The van der Waals surface area contributed by atoms with Gasteiger partial charge in [0.1, 0.15) is 11.6 Å². The lowest BCUT2D eigenvalue weighted by Crippen LogP contribution is -2.72. The maximum atomic E-state index is 13.3. The summed E-state index contributed by atoms with van der Waals surface area (Å²) in [4.78, 5) is 30.7. The summed E-state index contributed by atoms with van der Waals surface area (Å²) in [5.41, 5.74) is 3.77. The van der Waals surface area contributed by atoms with E-state index >= 15 is 0 Å². The number of aryl methyl sites for hydroxylation is 1. The highest BCUT2D eigenvalue weighted by Gasteiger charge is 2.53. The summed E-state index contributed by atoms with van der Waals surface area (Å²) in [6.07, 6.45) is 2.02. The number of likely N-dealkylation sites (tertiary alicyclic amines) is 1. The van der Waals surface area contributed by atoms with Gasteiger partial charge in [0, 0.05) is 37.4 Å². The van der Waals surface area contributed by atoms with Gasteiger partial charge in [-0.1, -0.05) is 32.0 Å². The van der Waals surface area contributed by atoms with Crippen molar-refractivity contribution in [3.63, 3.8) is 0 Å². The fraction of sp³-hybridized carbons (Fsp3) is 0.577. The van der Waals surface area contributed by atoms with E-state index in [1.807, 2.05) is 34.7 Å². The number of nitrogens with zero attached hydrogens (tertiary/aromatic N) is 4. The van der Waals surface area contributed by atoms with Crippen LogP contribution in [0.15, 0.2) is 30.3 Å². The largest absolute Gasteiger partial charge is 0.342 e. The number of hydrogen-bond acceptors (Lipinski definition) is 4. The van der Waals surface area contributed by atoms with E-state index in [-0.39, 0.29) is 11.8 Å². The van der Waals surface area contributed by atoms with Crippen molar-refractivity contribution in [3.05, 3.63) is 47.3 Å². The Labute approximate surface area is 197 Å². The summed E-state index contributed by atoms with van der Waals surface area (Å²) in [7, 11) is 0. The molecule has 7 nitrogen and oxygen atoms in total. The van der Waals surface area contributed by atoms with Gasteiger partial charge in [-0.15, -0.1) is 0 Å². The Morgan fingerprint density at radius 1 is 1.12 bits per heavy atom. The predicted molar refractivity (Wildman–Crippen MR) is 129 cm³/mol. The number of carbonyl (C=O) groups excluding carboxylic acids is 2. The number of amides is 2. The molecule has 2 fully saturated rings. The Morgan fingerprint density at radius 2 is 1.79 bits per heavy atom. The number of aromatic nitrogens is 2. The van der Waals surface area contributed by atoms with Crippen molar-refractivity contribution in [2.24, 2.45) is 5.92 Å². The molecule has 2 saturated heterocycles. The normalized spacial score (nSPS) is 21.2. The van der Waals surface area contributed by atoms with Gasteiger partial charge < -0.3 is 10.2 Å². The van der Waals surface area contributed by atoms with Crippen LogP contribution in [-0.2, 0) is 16.1 Å². The van der Waals surface area contributed by atoms with Crippen molar-refractivity contribution in [2.75, 3.05) is 19.6 Å². The number of carbonyl (C=O) groups is 2. The van der Waals surface area contributed by atoms with Crippen LogP contribution in [0.4, 0.5) is 0 Å². The Balaban J connectivity index is 1.48. The van der Waals surface area contributed by atoms with Gasteiger partial charge in [-0.2, -0.15) is 5.10 Å². The van der Waals surface area contributed by atoms with Crippen LogP contribution in [0.1, 0.15) is 57.0 Å². The SMILES string of the molecule is CCN1C(=O)[C@H](CC(C)C)NC(=O)C12CCN(Cc1c(C)nn(-c3ccccc3)c1C)CC2. The maximum absolute atomic E-state index is 13.3. The zero-order valence-electron chi connectivity index (χ0n) is 20.6. The minimum absolute atomic E-state index is 0.0264. The van der Waals surface area contributed by atoms with Crippen LogP contribution in [-0.4, -0.2) is 62.6 Å². The molecule has 0 aliphatic carbocycles. The topological polar surface area (TPSA) is 70.5 Å². The van der Waals surface area contributed by atoms with Crippen LogP contribution >= 0.6 is 0 Å². The number of piperazine rings is 1. The molecule has 1 aromatic carbocycles. The van der Waals surface area contributed by atoms with Gasteiger partial charge in [-0.05, 0) is 58.1 Å². The first-order valence-corrected chi connectivity index (χ1v) is 12.2. The minimum atomic E-state index is -0.714. The van der Waals surface area contributed by atoms with Gasteiger partial charge in [0.05, 0.1) is 11.4 Å². The standard InChI is InChI=1S/C26H37N5O2/c1-6-30-24(32)23(16-18(2)3)27-25(33)26(30)12-14-29(15-13-26)17-22-19(4)28-31(20(22)5)21-10-8-7-9-11-21/h7-11,18,23H,6,12-17H2,1-5H3,(H,27,33)/t23-/m0/s1. The first-order valence-electron chi connectivity index (χ1n) is 12.2. The molecule has 7 heteroatoms. The highest BCUT2D eigenvalue weighted by atomic mass is 16.2. The highest BCUT2D eigenvalue weighted by Crippen LogP contribution is 2.34. The third-order valence-corrected chi connectivity index (χ3v) is 7.34.